The van der Waals surface area contributed by atoms with Crippen molar-refractivity contribution in [1.82, 2.24) is 15.3 Å². The molecule has 2 aromatic carbocycles. The molecule has 1 aromatic heterocycles. The summed E-state index contributed by atoms with van der Waals surface area (Å²) in [5.41, 5.74) is 3.79. The van der Waals surface area contributed by atoms with Crippen LogP contribution in [0, 0.1) is 6.92 Å². The molecule has 0 aliphatic carbocycles. The highest BCUT2D eigenvalue weighted by molar-refractivity contribution is 5.94. The second kappa shape index (κ2) is 8.86. The zero-order chi connectivity index (χ0) is 20.1. The summed E-state index contributed by atoms with van der Waals surface area (Å²) in [6.07, 6.45) is 3.69. The third-order valence-corrected chi connectivity index (χ3v) is 5.23. The zero-order valence-electron chi connectivity index (χ0n) is 16.8. The van der Waals surface area contributed by atoms with Crippen molar-refractivity contribution < 1.29 is 4.79 Å². The number of nitrogens with zero attached hydrogens (tertiary/aromatic N) is 3. The Kier molecular flexibility index (Phi) is 5.84. The number of amides is 1. The van der Waals surface area contributed by atoms with Gasteiger partial charge in [0.05, 0.1) is 6.54 Å². The molecule has 0 spiro atoms. The van der Waals surface area contributed by atoms with Crippen LogP contribution >= 0.6 is 0 Å². The Morgan fingerprint density at radius 1 is 0.931 bits per heavy atom. The lowest BCUT2D eigenvalue weighted by atomic mass is 10.0. The van der Waals surface area contributed by atoms with Gasteiger partial charge in [0, 0.05) is 30.4 Å². The molecule has 0 atom stereocenters. The summed E-state index contributed by atoms with van der Waals surface area (Å²) in [5.74, 6) is 1.50. The number of anilines is 1. The second-order valence-electron chi connectivity index (χ2n) is 7.46. The molecule has 1 aliphatic rings. The first-order chi connectivity index (χ1) is 14.2. The van der Waals surface area contributed by atoms with Gasteiger partial charge in [-0.2, -0.15) is 0 Å². The van der Waals surface area contributed by atoms with Gasteiger partial charge < -0.3 is 10.2 Å². The van der Waals surface area contributed by atoms with Crippen molar-refractivity contribution in [3.8, 4) is 11.1 Å². The van der Waals surface area contributed by atoms with Crippen molar-refractivity contribution in [3.05, 3.63) is 77.7 Å². The summed E-state index contributed by atoms with van der Waals surface area (Å²) in [6, 6.07) is 19.8. The molecule has 1 aliphatic heterocycles. The molecule has 1 N–H and O–H groups in total. The molecule has 0 bridgehead atoms. The summed E-state index contributed by atoms with van der Waals surface area (Å²) < 4.78 is 0. The minimum absolute atomic E-state index is 0.116. The highest BCUT2D eigenvalue weighted by Gasteiger charge is 2.14. The van der Waals surface area contributed by atoms with Crippen molar-refractivity contribution in [2.75, 3.05) is 18.0 Å². The molecule has 3 aromatic rings. The van der Waals surface area contributed by atoms with Gasteiger partial charge in [0.15, 0.2) is 0 Å². The number of carbonyl (C=O) groups is 1. The summed E-state index contributed by atoms with van der Waals surface area (Å²) in [6.45, 7) is 4.37. The smallest absolute Gasteiger partial charge is 0.251 e. The van der Waals surface area contributed by atoms with Gasteiger partial charge in [0.25, 0.3) is 5.91 Å². The Morgan fingerprint density at radius 2 is 1.62 bits per heavy atom. The van der Waals surface area contributed by atoms with E-state index in [1.165, 1.54) is 19.3 Å². The van der Waals surface area contributed by atoms with Gasteiger partial charge in [-0.1, -0.05) is 42.5 Å². The van der Waals surface area contributed by atoms with E-state index < -0.39 is 0 Å². The van der Waals surface area contributed by atoms with Crippen LogP contribution in [0.4, 0.5) is 5.82 Å². The standard InChI is InChI=1S/C24H26N4O/c1-18-16-23(28-14-6-3-7-15-28)27-22(26-18)17-25-24(29)21-12-10-20(11-13-21)19-8-4-2-5-9-19/h2,4-5,8-13,16H,3,6-7,14-15,17H2,1H3,(H,25,29). The van der Waals surface area contributed by atoms with Gasteiger partial charge in [0.1, 0.15) is 11.6 Å². The van der Waals surface area contributed by atoms with Crippen molar-refractivity contribution in [2.24, 2.45) is 0 Å². The molecule has 0 radical (unpaired) electrons. The molecular weight excluding hydrogens is 360 g/mol. The average molecular weight is 386 g/mol. The molecule has 148 valence electrons. The van der Waals surface area contributed by atoms with E-state index in [0.717, 1.165) is 35.7 Å². The van der Waals surface area contributed by atoms with Crippen LogP contribution in [0.2, 0.25) is 0 Å². The maximum atomic E-state index is 12.6. The highest BCUT2D eigenvalue weighted by atomic mass is 16.1. The molecule has 4 rings (SSSR count). The van der Waals surface area contributed by atoms with Crippen LogP contribution < -0.4 is 10.2 Å². The van der Waals surface area contributed by atoms with E-state index in [4.69, 9.17) is 0 Å². The Balaban J connectivity index is 1.41. The molecular formula is C24H26N4O. The lowest BCUT2D eigenvalue weighted by Gasteiger charge is -2.28. The molecule has 0 saturated carbocycles. The second-order valence-corrected chi connectivity index (χ2v) is 7.46. The van der Waals surface area contributed by atoms with Gasteiger partial charge in [-0.05, 0) is 49.4 Å². The predicted molar refractivity (Wildman–Crippen MR) is 116 cm³/mol. The van der Waals surface area contributed by atoms with E-state index in [1.54, 1.807) is 0 Å². The predicted octanol–water partition coefficient (Wildman–Crippen LogP) is 4.37. The van der Waals surface area contributed by atoms with Crippen molar-refractivity contribution in [2.45, 2.75) is 32.7 Å². The third kappa shape index (κ3) is 4.80. The number of piperidine rings is 1. The normalized spacial score (nSPS) is 13.9. The SMILES string of the molecule is Cc1cc(N2CCCCC2)nc(CNC(=O)c2ccc(-c3ccccc3)cc2)n1. The Morgan fingerprint density at radius 3 is 2.34 bits per heavy atom. The summed E-state index contributed by atoms with van der Waals surface area (Å²) in [7, 11) is 0. The summed E-state index contributed by atoms with van der Waals surface area (Å²) in [4.78, 5) is 24.0. The molecule has 1 fully saturated rings. The number of carbonyl (C=O) groups excluding carboxylic acids is 1. The van der Waals surface area contributed by atoms with Crippen molar-refractivity contribution in [1.29, 1.82) is 0 Å². The fourth-order valence-electron chi connectivity index (χ4n) is 3.68. The van der Waals surface area contributed by atoms with Crippen molar-refractivity contribution >= 4 is 11.7 Å². The minimum Gasteiger partial charge on any atom is -0.357 e. The van der Waals surface area contributed by atoms with Crippen LogP contribution in [-0.2, 0) is 6.54 Å². The molecule has 1 saturated heterocycles. The topological polar surface area (TPSA) is 58.1 Å². The van der Waals surface area contributed by atoms with Crippen LogP contribution in [0.15, 0.2) is 60.7 Å². The highest BCUT2D eigenvalue weighted by Crippen LogP contribution is 2.20. The molecule has 0 unspecified atom stereocenters. The van der Waals surface area contributed by atoms with E-state index in [2.05, 4.69) is 32.3 Å². The van der Waals surface area contributed by atoms with Crippen LogP contribution in [0.3, 0.4) is 0 Å². The van der Waals surface area contributed by atoms with E-state index in [1.807, 2.05) is 55.5 Å². The lowest BCUT2D eigenvalue weighted by Crippen LogP contribution is -2.31. The fraction of sp³-hybridized carbons (Fsp3) is 0.292. The van der Waals surface area contributed by atoms with Gasteiger partial charge >= 0.3 is 0 Å². The summed E-state index contributed by atoms with van der Waals surface area (Å²) in [5, 5.41) is 2.95. The molecule has 5 nitrogen and oxygen atoms in total. The minimum atomic E-state index is -0.116. The monoisotopic (exact) mass is 386 g/mol. The molecule has 1 amide bonds. The average Bonchev–Trinajstić information content (AvgIpc) is 2.78. The lowest BCUT2D eigenvalue weighted by molar-refractivity contribution is 0.0950. The first kappa shape index (κ1) is 19.1. The van der Waals surface area contributed by atoms with Crippen LogP contribution in [0.1, 0.15) is 41.1 Å². The quantitative estimate of drug-likeness (QED) is 0.707. The van der Waals surface area contributed by atoms with E-state index >= 15 is 0 Å². The molecule has 2 heterocycles. The van der Waals surface area contributed by atoms with E-state index in [9.17, 15) is 4.79 Å². The number of aryl methyl sites for hydroxylation is 1. The van der Waals surface area contributed by atoms with Crippen LogP contribution in [-0.4, -0.2) is 29.0 Å². The zero-order valence-corrected chi connectivity index (χ0v) is 16.8. The van der Waals surface area contributed by atoms with Gasteiger partial charge in [-0.3, -0.25) is 4.79 Å². The number of nitrogens with one attached hydrogen (secondary N) is 1. The first-order valence-electron chi connectivity index (χ1n) is 10.2. The molecule has 5 heteroatoms. The maximum absolute atomic E-state index is 12.6. The third-order valence-electron chi connectivity index (χ3n) is 5.23. The number of rotatable bonds is 5. The van der Waals surface area contributed by atoms with Crippen LogP contribution in [0.25, 0.3) is 11.1 Å². The maximum Gasteiger partial charge on any atom is 0.251 e. The van der Waals surface area contributed by atoms with E-state index in [-0.39, 0.29) is 5.91 Å². The Labute approximate surface area is 171 Å². The van der Waals surface area contributed by atoms with Crippen molar-refractivity contribution in [3.63, 3.8) is 0 Å². The van der Waals surface area contributed by atoms with E-state index in [0.29, 0.717) is 17.9 Å². The van der Waals surface area contributed by atoms with Gasteiger partial charge in [0.2, 0.25) is 0 Å². The number of hydrogen-bond donors (Lipinski definition) is 1. The molecule has 29 heavy (non-hydrogen) atoms. The first-order valence-corrected chi connectivity index (χ1v) is 10.2. The number of aromatic nitrogens is 2. The number of hydrogen-bond acceptors (Lipinski definition) is 4. The van der Waals surface area contributed by atoms with Gasteiger partial charge in [-0.15, -0.1) is 0 Å². The van der Waals surface area contributed by atoms with Crippen LogP contribution in [0.5, 0.6) is 0 Å². The Hall–Kier alpha value is -3.21. The fourth-order valence-corrected chi connectivity index (χ4v) is 3.68. The largest absolute Gasteiger partial charge is 0.357 e. The summed E-state index contributed by atoms with van der Waals surface area (Å²) >= 11 is 0. The number of benzene rings is 2. The Bertz CT molecular complexity index is 964. The van der Waals surface area contributed by atoms with Gasteiger partial charge in [-0.25, -0.2) is 9.97 Å².